The normalized spacial score (nSPS) is 22.6. The third-order valence-electron chi connectivity index (χ3n) is 2.44. The average Bonchev–Trinajstić information content (AvgIpc) is 2.14. The molecule has 0 radical (unpaired) electrons. The van der Waals surface area contributed by atoms with Crippen molar-refractivity contribution in [2.45, 2.75) is 44.9 Å². The number of carbonyl (C=O) groups is 2. The molecule has 1 fully saturated rings. The lowest BCUT2D eigenvalue weighted by Crippen LogP contribution is -2.07. The molecule has 14 heavy (non-hydrogen) atoms. The Morgan fingerprint density at radius 3 is 1.64 bits per heavy atom. The first-order valence-electron chi connectivity index (χ1n) is 5.40. The fourth-order valence-corrected chi connectivity index (χ4v) is 2.44. The number of ketones is 2. The molecule has 0 N–H and O–H groups in total. The summed E-state index contributed by atoms with van der Waals surface area (Å²) in [6.07, 6.45) is 6.95. The molecule has 0 aromatic rings. The molecule has 0 aromatic carbocycles. The van der Waals surface area contributed by atoms with Crippen molar-refractivity contribution in [3.8, 4) is 0 Å². The molecule has 1 aliphatic heterocycles. The SMILES string of the molecule is O=C1CCCCCCCC(=O)CSC1. The number of hydrogen-bond acceptors (Lipinski definition) is 3. The monoisotopic (exact) mass is 214 g/mol. The zero-order chi connectivity index (χ0) is 10.2. The second kappa shape index (κ2) is 7.04. The first-order chi connectivity index (χ1) is 6.79. The van der Waals surface area contributed by atoms with Crippen molar-refractivity contribution in [2.75, 3.05) is 11.5 Å². The van der Waals surface area contributed by atoms with E-state index in [-0.39, 0.29) is 0 Å². The highest BCUT2D eigenvalue weighted by atomic mass is 32.2. The van der Waals surface area contributed by atoms with E-state index in [2.05, 4.69) is 0 Å². The van der Waals surface area contributed by atoms with Gasteiger partial charge in [0.05, 0.1) is 11.5 Å². The number of rotatable bonds is 0. The summed E-state index contributed by atoms with van der Waals surface area (Å²) in [5, 5.41) is 0. The molecule has 0 aliphatic carbocycles. The predicted molar refractivity (Wildman–Crippen MR) is 59.7 cm³/mol. The van der Waals surface area contributed by atoms with Crippen LogP contribution in [0.1, 0.15) is 44.9 Å². The molecule has 0 bridgehead atoms. The minimum Gasteiger partial charge on any atom is -0.299 e. The number of carbonyl (C=O) groups excluding carboxylic acids is 2. The Hall–Kier alpha value is -0.310. The molecule has 80 valence electrons. The molecule has 0 atom stereocenters. The van der Waals surface area contributed by atoms with Crippen molar-refractivity contribution in [1.82, 2.24) is 0 Å². The fourth-order valence-electron chi connectivity index (χ4n) is 1.60. The van der Waals surface area contributed by atoms with Crippen LogP contribution in [0, 0.1) is 0 Å². The highest BCUT2D eigenvalue weighted by Crippen LogP contribution is 2.12. The lowest BCUT2D eigenvalue weighted by molar-refractivity contribution is -0.117. The number of Topliss-reactive ketones (excluding diaryl/α,β-unsaturated/α-hetero) is 2. The molecule has 1 heterocycles. The van der Waals surface area contributed by atoms with Gasteiger partial charge in [-0.2, -0.15) is 0 Å². The average molecular weight is 214 g/mol. The predicted octanol–water partition coefficient (Wildman–Crippen LogP) is 2.60. The van der Waals surface area contributed by atoms with E-state index < -0.39 is 0 Å². The molecular formula is C11H18O2S. The zero-order valence-corrected chi connectivity index (χ0v) is 9.41. The van der Waals surface area contributed by atoms with Gasteiger partial charge in [-0.15, -0.1) is 11.8 Å². The van der Waals surface area contributed by atoms with E-state index >= 15 is 0 Å². The van der Waals surface area contributed by atoms with Crippen LogP contribution in [0.3, 0.4) is 0 Å². The van der Waals surface area contributed by atoms with Gasteiger partial charge >= 0.3 is 0 Å². The van der Waals surface area contributed by atoms with Gasteiger partial charge in [-0.25, -0.2) is 0 Å². The van der Waals surface area contributed by atoms with E-state index in [1.165, 1.54) is 18.2 Å². The topological polar surface area (TPSA) is 34.1 Å². The van der Waals surface area contributed by atoms with Gasteiger partial charge in [-0.1, -0.05) is 19.3 Å². The maximum Gasteiger partial charge on any atom is 0.142 e. The van der Waals surface area contributed by atoms with Gasteiger partial charge in [-0.05, 0) is 12.8 Å². The molecule has 0 aromatic heterocycles. The molecule has 1 aliphatic rings. The third-order valence-corrected chi connectivity index (χ3v) is 3.49. The molecule has 0 spiro atoms. The van der Waals surface area contributed by atoms with Crippen LogP contribution in [-0.2, 0) is 9.59 Å². The second-order valence-electron chi connectivity index (χ2n) is 3.84. The summed E-state index contributed by atoms with van der Waals surface area (Å²) in [5.41, 5.74) is 0. The van der Waals surface area contributed by atoms with Gasteiger partial charge in [0.2, 0.25) is 0 Å². The van der Waals surface area contributed by atoms with Crippen LogP contribution < -0.4 is 0 Å². The summed E-state index contributed by atoms with van der Waals surface area (Å²) in [6.45, 7) is 0. The Bertz CT molecular complexity index is 181. The van der Waals surface area contributed by atoms with E-state index in [0.717, 1.165) is 25.7 Å². The van der Waals surface area contributed by atoms with Crippen LogP contribution in [0.25, 0.3) is 0 Å². The molecular weight excluding hydrogens is 196 g/mol. The Kier molecular flexibility index (Phi) is 5.92. The molecule has 1 saturated heterocycles. The lowest BCUT2D eigenvalue weighted by atomic mass is 10.1. The first-order valence-corrected chi connectivity index (χ1v) is 6.55. The van der Waals surface area contributed by atoms with Gasteiger partial charge < -0.3 is 0 Å². The molecule has 0 saturated carbocycles. The largest absolute Gasteiger partial charge is 0.299 e. The van der Waals surface area contributed by atoms with E-state index in [4.69, 9.17) is 0 Å². The van der Waals surface area contributed by atoms with Crippen LogP contribution >= 0.6 is 11.8 Å². The van der Waals surface area contributed by atoms with E-state index in [1.54, 1.807) is 0 Å². The van der Waals surface area contributed by atoms with E-state index in [1.807, 2.05) is 0 Å². The quantitative estimate of drug-likeness (QED) is 0.621. The third kappa shape index (κ3) is 5.43. The first kappa shape index (κ1) is 11.8. The zero-order valence-electron chi connectivity index (χ0n) is 8.59. The van der Waals surface area contributed by atoms with Crippen LogP contribution in [0.4, 0.5) is 0 Å². The summed E-state index contributed by atoms with van der Waals surface area (Å²) >= 11 is 1.48. The summed E-state index contributed by atoms with van der Waals surface area (Å²) in [5.74, 6) is 1.68. The molecule has 0 unspecified atom stereocenters. The van der Waals surface area contributed by atoms with Crippen molar-refractivity contribution >= 4 is 23.3 Å². The molecule has 3 heteroatoms. The molecule has 1 rings (SSSR count). The smallest absolute Gasteiger partial charge is 0.142 e. The van der Waals surface area contributed by atoms with Crippen molar-refractivity contribution in [3.05, 3.63) is 0 Å². The van der Waals surface area contributed by atoms with E-state index in [9.17, 15) is 9.59 Å². The number of thioether (sulfide) groups is 1. The molecule has 2 nitrogen and oxygen atoms in total. The van der Waals surface area contributed by atoms with Crippen LogP contribution in [-0.4, -0.2) is 23.1 Å². The van der Waals surface area contributed by atoms with E-state index in [0.29, 0.717) is 35.9 Å². The molecule has 0 amide bonds. The highest BCUT2D eigenvalue weighted by Gasteiger charge is 2.07. The van der Waals surface area contributed by atoms with Crippen molar-refractivity contribution in [3.63, 3.8) is 0 Å². The maximum atomic E-state index is 11.3. The van der Waals surface area contributed by atoms with Gasteiger partial charge in [0.25, 0.3) is 0 Å². The van der Waals surface area contributed by atoms with Gasteiger partial charge in [-0.3, -0.25) is 9.59 Å². The summed E-state index contributed by atoms with van der Waals surface area (Å²) < 4.78 is 0. The minimum absolute atomic E-state index is 0.309. The van der Waals surface area contributed by atoms with Crippen molar-refractivity contribution in [1.29, 1.82) is 0 Å². The summed E-state index contributed by atoms with van der Waals surface area (Å²) in [7, 11) is 0. The Morgan fingerprint density at radius 2 is 1.14 bits per heavy atom. The Labute approximate surface area is 89.8 Å². The van der Waals surface area contributed by atoms with Crippen molar-refractivity contribution < 1.29 is 9.59 Å². The lowest BCUT2D eigenvalue weighted by Gasteiger charge is -2.05. The Balaban J connectivity index is 2.28. The van der Waals surface area contributed by atoms with Gasteiger partial charge in [0, 0.05) is 12.8 Å². The second-order valence-corrected chi connectivity index (χ2v) is 4.82. The fraction of sp³-hybridized carbons (Fsp3) is 0.818. The summed E-state index contributed by atoms with van der Waals surface area (Å²) in [6, 6.07) is 0. The van der Waals surface area contributed by atoms with Crippen LogP contribution in [0.5, 0.6) is 0 Å². The number of hydrogen-bond donors (Lipinski definition) is 0. The van der Waals surface area contributed by atoms with Gasteiger partial charge in [0.15, 0.2) is 0 Å². The van der Waals surface area contributed by atoms with Gasteiger partial charge in [0.1, 0.15) is 11.6 Å². The Morgan fingerprint density at radius 1 is 0.714 bits per heavy atom. The standard InChI is InChI=1S/C11H18O2S/c12-10-6-4-2-1-3-5-7-11(13)9-14-8-10/h1-9H2. The van der Waals surface area contributed by atoms with Crippen LogP contribution in [0.15, 0.2) is 0 Å². The maximum absolute atomic E-state index is 11.3. The van der Waals surface area contributed by atoms with Crippen LogP contribution in [0.2, 0.25) is 0 Å². The van der Waals surface area contributed by atoms with Crippen molar-refractivity contribution in [2.24, 2.45) is 0 Å². The highest BCUT2D eigenvalue weighted by molar-refractivity contribution is 8.00. The minimum atomic E-state index is 0.309. The summed E-state index contributed by atoms with van der Waals surface area (Å²) in [4.78, 5) is 22.5.